The molecule has 0 bridgehead atoms. The first kappa shape index (κ1) is 19.7. The van der Waals surface area contributed by atoms with Crippen LogP contribution < -0.4 is 10.6 Å². The Bertz CT molecular complexity index is 840. The van der Waals surface area contributed by atoms with Gasteiger partial charge in [0.2, 0.25) is 0 Å². The molecule has 0 saturated carbocycles. The number of unbranched alkanes of at least 4 members (excludes halogenated alkanes) is 1. The Labute approximate surface area is 157 Å². The van der Waals surface area contributed by atoms with E-state index in [9.17, 15) is 14.9 Å². The molecular weight excluding hydrogens is 344 g/mol. The van der Waals surface area contributed by atoms with Gasteiger partial charge in [-0.2, -0.15) is 5.26 Å². The topological polar surface area (TPSA) is 108 Å². The zero-order chi connectivity index (χ0) is 19.5. The molecule has 2 aromatic rings. The van der Waals surface area contributed by atoms with E-state index < -0.39 is 10.8 Å². The Balaban J connectivity index is 1.76. The summed E-state index contributed by atoms with van der Waals surface area (Å²) in [6, 6.07) is 17.4. The molecule has 0 aliphatic rings. The molecule has 0 aliphatic carbocycles. The molecule has 0 spiro atoms. The fraction of sp³-hybridized carbons (Fsp3) is 0.200. The smallest absolute Gasteiger partial charge is 0.269 e. The second kappa shape index (κ2) is 10.4. The lowest BCUT2D eigenvalue weighted by atomic mass is 10.1. The first-order valence-corrected chi connectivity index (χ1v) is 8.53. The van der Waals surface area contributed by atoms with Gasteiger partial charge in [-0.15, -0.1) is 0 Å². The Morgan fingerprint density at radius 2 is 1.81 bits per heavy atom. The van der Waals surface area contributed by atoms with Gasteiger partial charge in [-0.3, -0.25) is 14.9 Å². The molecule has 0 atom stereocenters. The predicted octanol–water partition coefficient (Wildman–Crippen LogP) is 3.55. The number of nitriles is 1. The summed E-state index contributed by atoms with van der Waals surface area (Å²) in [5, 5.41) is 25.3. The van der Waals surface area contributed by atoms with Crippen LogP contribution in [0.3, 0.4) is 0 Å². The second-order valence-corrected chi connectivity index (χ2v) is 5.82. The summed E-state index contributed by atoms with van der Waals surface area (Å²) in [7, 11) is 0. The van der Waals surface area contributed by atoms with Gasteiger partial charge < -0.3 is 10.6 Å². The molecular formula is C20H20N4O3. The lowest BCUT2D eigenvalue weighted by Gasteiger charge is -2.05. The summed E-state index contributed by atoms with van der Waals surface area (Å²) in [6.45, 7) is 0.656. The van der Waals surface area contributed by atoms with Crippen LogP contribution in [-0.2, 0) is 11.2 Å². The number of anilines is 1. The maximum absolute atomic E-state index is 12.1. The fourth-order valence-electron chi connectivity index (χ4n) is 2.39. The van der Waals surface area contributed by atoms with Gasteiger partial charge in [-0.1, -0.05) is 30.3 Å². The van der Waals surface area contributed by atoms with Gasteiger partial charge in [-0.05, 0) is 37.0 Å². The maximum Gasteiger partial charge on any atom is 0.269 e. The number of amides is 1. The maximum atomic E-state index is 12.1. The van der Waals surface area contributed by atoms with Crippen LogP contribution in [0.25, 0.3) is 0 Å². The molecule has 1 amide bonds. The van der Waals surface area contributed by atoms with E-state index in [0.29, 0.717) is 12.2 Å². The van der Waals surface area contributed by atoms with E-state index >= 15 is 0 Å². The van der Waals surface area contributed by atoms with Crippen molar-refractivity contribution in [2.24, 2.45) is 0 Å². The van der Waals surface area contributed by atoms with Gasteiger partial charge in [0.15, 0.2) is 0 Å². The highest BCUT2D eigenvalue weighted by Crippen LogP contribution is 2.15. The number of carbonyl (C=O) groups excluding carboxylic acids is 1. The molecule has 0 radical (unpaired) electrons. The normalized spacial score (nSPS) is 10.7. The van der Waals surface area contributed by atoms with Crippen molar-refractivity contribution in [2.75, 3.05) is 11.9 Å². The lowest BCUT2D eigenvalue weighted by Crippen LogP contribution is -2.17. The molecule has 2 N–H and O–H groups in total. The number of hydrogen-bond acceptors (Lipinski definition) is 5. The second-order valence-electron chi connectivity index (χ2n) is 5.82. The average molecular weight is 364 g/mol. The van der Waals surface area contributed by atoms with Gasteiger partial charge in [0.25, 0.3) is 11.6 Å². The van der Waals surface area contributed by atoms with Gasteiger partial charge in [0.1, 0.15) is 11.6 Å². The molecule has 27 heavy (non-hydrogen) atoms. The summed E-state index contributed by atoms with van der Waals surface area (Å²) in [5.74, 6) is -0.567. The molecule has 138 valence electrons. The van der Waals surface area contributed by atoms with Gasteiger partial charge in [-0.25, -0.2) is 0 Å². The monoisotopic (exact) mass is 364 g/mol. The molecule has 2 aromatic carbocycles. The standard InChI is InChI=1S/C20H20N4O3/c21-14-17(15-22-13-5-4-8-16-6-2-1-3-7-16)20(25)23-18-9-11-19(12-10-18)24(26)27/h1-3,6-7,9-12,15,22H,4-5,8,13H2,(H,23,25)/b17-15-. The third kappa shape index (κ3) is 6.63. The molecule has 0 heterocycles. The van der Waals surface area contributed by atoms with E-state index in [-0.39, 0.29) is 11.3 Å². The summed E-state index contributed by atoms with van der Waals surface area (Å²) >= 11 is 0. The Morgan fingerprint density at radius 3 is 2.44 bits per heavy atom. The van der Waals surface area contributed by atoms with Gasteiger partial charge in [0, 0.05) is 30.6 Å². The number of hydrogen-bond donors (Lipinski definition) is 2. The Kier molecular flexibility index (Phi) is 7.54. The number of non-ortho nitro benzene ring substituents is 1. The molecule has 0 unspecified atom stereocenters. The van der Waals surface area contributed by atoms with Crippen LogP contribution in [0.1, 0.15) is 18.4 Å². The van der Waals surface area contributed by atoms with E-state index in [0.717, 1.165) is 19.3 Å². The van der Waals surface area contributed by atoms with E-state index in [4.69, 9.17) is 5.26 Å². The van der Waals surface area contributed by atoms with Crippen LogP contribution >= 0.6 is 0 Å². The number of benzene rings is 2. The minimum Gasteiger partial charge on any atom is -0.390 e. The predicted molar refractivity (Wildman–Crippen MR) is 103 cm³/mol. The zero-order valence-corrected chi connectivity index (χ0v) is 14.7. The summed E-state index contributed by atoms with van der Waals surface area (Å²) in [6.07, 6.45) is 4.29. The highest BCUT2D eigenvalue weighted by Gasteiger charge is 2.10. The van der Waals surface area contributed by atoms with Crippen LogP contribution in [0, 0.1) is 21.4 Å². The Hall–Kier alpha value is -3.66. The number of nitrogens with zero attached hydrogens (tertiary/aromatic N) is 2. The van der Waals surface area contributed by atoms with Crippen LogP contribution in [0.4, 0.5) is 11.4 Å². The van der Waals surface area contributed by atoms with Crippen molar-refractivity contribution in [1.82, 2.24) is 5.32 Å². The van der Waals surface area contributed by atoms with Crippen molar-refractivity contribution in [3.8, 4) is 6.07 Å². The minimum atomic E-state index is -0.567. The van der Waals surface area contributed by atoms with E-state index in [1.54, 1.807) is 0 Å². The van der Waals surface area contributed by atoms with Gasteiger partial charge in [0.05, 0.1) is 4.92 Å². The van der Waals surface area contributed by atoms with E-state index in [1.165, 1.54) is 36.0 Å². The number of aryl methyl sites for hydroxylation is 1. The Morgan fingerprint density at radius 1 is 1.11 bits per heavy atom. The van der Waals surface area contributed by atoms with E-state index in [2.05, 4.69) is 22.8 Å². The lowest BCUT2D eigenvalue weighted by molar-refractivity contribution is -0.384. The summed E-state index contributed by atoms with van der Waals surface area (Å²) in [4.78, 5) is 22.2. The first-order valence-electron chi connectivity index (χ1n) is 8.53. The largest absolute Gasteiger partial charge is 0.390 e. The average Bonchev–Trinajstić information content (AvgIpc) is 2.68. The number of nitrogens with one attached hydrogen (secondary N) is 2. The quantitative estimate of drug-likeness (QED) is 0.232. The van der Waals surface area contributed by atoms with Crippen LogP contribution in [0.15, 0.2) is 66.4 Å². The first-order chi connectivity index (χ1) is 13.1. The molecule has 7 nitrogen and oxygen atoms in total. The number of nitro groups is 1. The van der Waals surface area contributed by atoms with Crippen LogP contribution in [0.2, 0.25) is 0 Å². The molecule has 7 heteroatoms. The van der Waals surface area contributed by atoms with Crippen molar-refractivity contribution in [2.45, 2.75) is 19.3 Å². The van der Waals surface area contributed by atoms with Crippen molar-refractivity contribution < 1.29 is 9.72 Å². The highest BCUT2D eigenvalue weighted by atomic mass is 16.6. The number of carbonyl (C=O) groups is 1. The third-order valence-electron chi connectivity index (χ3n) is 3.83. The SMILES string of the molecule is N#C/C(=C/NCCCCc1ccccc1)C(=O)Nc1ccc([N+](=O)[O-])cc1. The minimum absolute atomic E-state index is 0.0589. The fourth-order valence-corrected chi connectivity index (χ4v) is 2.39. The highest BCUT2D eigenvalue weighted by molar-refractivity contribution is 6.06. The number of nitro benzene ring substituents is 1. The van der Waals surface area contributed by atoms with Crippen LogP contribution in [0.5, 0.6) is 0 Å². The molecule has 0 fully saturated rings. The summed E-state index contributed by atoms with van der Waals surface area (Å²) in [5.41, 5.74) is 1.54. The zero-order valence-electron chi connectivity index (χ0n) is 14.7. The molecule has 0 saturated heterocycles. The van der Waals surface area contributed by atoms with Crippen molar-refractivity contribution in [3.63, 3.8) is 0 Å². The van der Waals surface area contributed by atoms with Gasteiger partial charge >= 0.3 is 0 Å². The molecule has 0 aromatic heterocycles. The van der Waals surface area contributed by atoms with Crippen LogP contribution in [-0.4, -0.2) is 17.4 Å². The summed E-state index contributed by atoms with van der Waals surface area (Å²) < 4.78 is 0. The van der Waals surface area contributed by atoms with Crippen molar-refractivity contribution >= 4 is 17.3 Å². The van der Waals surface area contributed by atoms with E-state index in [1.807, 2.05) is 24.3 Å². The van der Waals surface area contributed by atoms with Crippen molar-refractivity contribution in [3.05, 3.63) is 82.0 Å². The third-order valence-corrected chi connectivity index (χ3v) is 3.83. The molecule has 0 aliphatic heterocycles. The number of rotatable bonds is 9. The van der Waals surface area contributed by atoms with Crippen molar-refractivity contribution in [1.29, 1.82) is 5.26 Å². The molecule has 2 rings (SSSR count).